The monoisotopic (exact) mass is 483 g/mol. The number of hydrogen-bond donors (Lipinski definition) is 1. The van der Waals surface area contributed by atoms with E-state index >= 15 is 0 Å². The van der Waals surface area contributed by atoms with Gasteiger partial charge in [-0.15, -0.1) is 11.8 Å². The molecule has 0 spiro atoms. The lowest BCUT2D eigenvalue weighted by atomic mass is 9.98. The Morgan fingerprint density at radius 2 is 1.82 bits per heavy atom. The highest BCUT2D eigenvalue weighted by Crippen LogP contribution is 2.44. The van der Waals surface area contributed by atoms with Gasteiger partial charge in [-0.05, 0) is 48.4 Å². The molecule has 1 N–H and O–H groups in total. The van der Waals surface area contributed by atoms with Crippen molar-refractivity contribution in [1.29, 1.82) is 0 Å². The summed E-state index contributed by atoms with van der Waals surface area (Å²) in [6, 6.07) is 21.7. The molecule has 1 atom stereocenters. The van der Waals surface area contributed by atoms with Crippen molar-refractivity contribution in [3.63, 3.8) is 0 Å². The van der Waals surface area contributed by atoms with Crippen LogP contribution in [0.4, 0.5) is 0 Å². The second kappa shape index (κ2) is 10.4. The number of benzene rings is 3. The van der Waals surface area contributed by atoms with Crippen LogP contribution in [-0.4, -0.2) is 33.3 Å². The zero-order chi connectivity index (χ0) is 23.3. The second-order valence-electron chi connectivity index (χ2n) is 7.42. The average molecular weight is 484 g/mol. The Hall–Kier alpha value is -2.81. The zero-order valence-electron chi connectivity index (χ0n) is 18.2. The van der Waals surface area contributed by atoms with Crippen LogP contribution in [0.3, 0.4) is 0 Å². The van der Waals surface area contributed by atoms with E-state index in [1.807, 2.05) is 24.3 Å². The number of nitrogens with one attached hydrogen (secondary N) is 1. The van der Waals surface area contributed by atoms with Gasteiger partial charge in [0.1, 0.15) is 12.4 Å². The van der Waals surface area contributed by atoms with E-state index in [4.69, 9.17) is 9.47 Å². The van der Waals surface area contributed by atoms with E-state index in [2.05, 4.69) is 10.8 Å². The number of esters is 1. The van der Waals surface area contributed by atoms with E-state index in [-0.39, 0.29) is 22.7 Å². The number of carbonyl (C=O) groups excluding carboxylic acids is 1. The molecule has 0 fully saturated rings. The van der Waals surface area contributed by atoms with Crippen molar-refractivity contribution in [2.45, 2.75) is 23.7 Å². The molecule has 1 unspecified atom stereocenters. The van der Waals surface area contributed by atoms with E-state index in [0.717, 1.165) is 16.7 Å². The highest BCUT2D eigenvalue weighted by atomic mass is 32.2. The van der Waals surface area contributed by atoms with Gasteiger partial charge in [-0.3, -0.25) is 0 Å². The van der Waals surface area contributed by atoms with Crippen molar-refractivity contribution in [2.24, 2.45) is 0 Å². The van der Waals surface area contributed by atoms with E-state index in [1.54, 1.807) is 61.2 Å². The van der Waals surface area contributed by atoms with Gasteiger partial charge in [-0.2, -0.15) is 0 Å². The summed E-state index contributed by atoms with van der Waals surface area (Å²) in [5.74, 6) is 0.868. The molecular weight excluding hydrogens is 458 g/mol. The molecule has 8 heteroatoms. The average Bonchev–Trinajstić information content (AvgIpc) is 2.99. The third kappa shape index (κ3) is 5.40. The fourth-order valence-corrected chi connectivity index (χ4v) is 6.10. The predicted octanol–water partition coefficient (Wildman–Crippen LogP) is 4.56. The third-order valence-electron chi connectivity index (χ3n) is 5.26. The van der Waals surface area contributed by atoms with E-state index in [9.17, 15) is 13.2 Å². The van der Waals surface area contributed by atoms with Crippen molar-refractivity contribution < 1.29 is 22.7 Å². The Bertz CT molecular complexity index is 1230. The Labute approximate surface area is 198 Å². The smallest absolute Gasteiger partial charge is 0.338 e. The number of sulfonamides is 1. The Morgan fingerprint density at radius 3 is 2.61 bits per heavy atom. The lowest BCUT2D eigenvalue weighted by Gasteiger charge is -2.19. The Balaban J connectivity index is 1.56. The van der Waals surface area contributed by atoms with Crippen LogP contribution >= 0.6 is 11.8 Å². The Kier molecular flexibility index (Phi) is 7.37. The van der Waals surface area contributed by atoms with Crippen molar-refractivity contribution in [1.82, 2.24) is 4.72 Å². The summed E-state index contributed by atoms with van der Waals surface area (Å²) in [6.45, 7) is 2.78. The largest absolute Gasteiger partial charge is 0.489 e. The molecule has 0 saturated carbocycles. The molecule has 1 heterocycles. The molecule has 3 aromatic rings. The topological polar surface area (TPSA) is 81.7 Å². The van der Waals surface area contributed by atoms with Crippen LogP contribution in [0.15, 0.2) is 77.7 Å². The van der Waals surface area contributed by atoms with Crippen LogP contribution in [0.1, 0.15) is 39.2 Å². The van der Waals surface area contributed by atoms with Gasteiger partial charge in [0.2, 0.25) is 10.0 Å². The predicted molar refractivity (Wildman–Crippen MR) is 129 cm³/mol. The maximum atomic E-state index is 12.5. The standard InChI is InChI=1S/C25H25NO5S2/c1-2-30-25(27)18-12-13-23-22(16-18)24(21-11-7-6-8-19(21)17-31-23)32-15-14-26-33(28,29)20-9-4-3-5-10-20/h3-13,16,24,26H,2,14-15,17H2,1H3. The van der Waals surface area contributed by atoms with E-state index < -0.39 is 10.0 Å². The van der Waals surface area contributed by atoms with Crippen molar-refractivity contribution in [2.75, 3.05) is 18.9 Å². The summed E-state index contributed by atoms with van der Waals surface area (Å²) >= 11 is 1.61. The molecule has 0 aliphatic carbocycles. The first-order valence-corrected chi connectivity index (χ1v) is 13.2. The van der Waals surface area contributed by atoms with Crippen LogP contribution in [0.2, 0.25) is 0 Å². The van der Waals surface area contributed by atoms with Gasteiger partial charge in [0.25, 0.3) is 0 Å². The first kappa shape index (κ1) is 23.4. The van der Waals surface area contributed by atoms with Crippen LogP contribution < -0.4 is 9.46 Å². The number of ether oxygens (including phenoxy) is 2. The minimum absolute atomic E-state index is 0.116. The molecule has 6 nitrogen and oxygen atoms in total. The summed E-state index contributed by atoms with van der Waals surface area (Å²) in [5.41, 5.74) is 3.50. The molecule has 1 aliphatic rings. The molecule has 0 saturated heterocycles. The fraction of sp³-hybridized carbons (Fsp3) is 0.240. The van der Waals surface area contributed by atoms with Gasteiger partial charge in [-0.25, -0.2) is 17.9 Å². The number of rotatable bonds is 8. The highest BCUT2D eigenvalue weighted by Gasteiger charge is 2.26. The second-order valence-corrected chi connectivity index (χ2v) is 10.4. The minimum atomic E-state index is -3.56. The third-order valence-corrected chi connectivity index (χ3v) is 8.01. The van der Waals surface area contributed by atoms with E-state index in [0.29, 0.717) is 30.3 Å². The Morgan fingerprint density at radius 1 is 1.06 bits per heavy atom. The van der Waals surface area contributed by atoms with Crippen LogP contribution in [0.5, 0.6) is 5.75 Å². The molecule has 1 aliphatic heterocycles. The summed E-state index contributed by atoms with van der Waals surface area (Å²) in [6.07, 6.45) is 0. The van der Waals surface area contributed by atoms with E-state index in [1.165, 1.54) is 0 Å². The number of thioether (sulfide) groups is 1. The van der Waals surface area contributed by atoms with Gasteiger partial charge in [0, 0.05) is 17.9 Å². The number of hydrogen-bond acceptors (Lipinski definition) is 6. The van der Waals surface area contributed by atoms with Crippen molar-refractivity contribution in [3.05, 3.63) is 95.1 Å². The van der Waals surface area contributed by atoms with Crippen molar-refractivity contribution in [3.8, 4) is 5.75 Å². The highest BCUT2D eigenvalue weighted by molar-refractivity contribution is 7.99. The molecule has 0 aromatic heterocycles. The van der Waals surface area contributed by atoms with Gasteiger partial charge in [-0.1, -0.05) is 42.5 Å². The van der Waals surface area contributed by atoms with Crippen LogP contribution in [-0.2, 0) is 21.4 Å². The molecule has 0 amide bonds. The van der Waals surface area contributed by atoms with Gasteiger partial charge in [0.15, 0.2) is 0 Å². The van der Waals surface area contributed by atoms with Crippen LogP contribution in [0.25, 0.3) is 0 Å². The lowest BCUT2D eigenvalue weighted by molar-refractivity contribution is 0.0526. The molecule has 33 heavy (non-hydrogen) atoms. The number of carbonyl (C=O) groups is 1. The minimum Gasteiger partial charge on any atom is -0.489 e. The normalized spacial score (nSPS) is 15.0. The maximum absolute atomic E-state index is 12.5. The van der Waals surface area contributed by atoms with Gasteiger partial charge < -0.3 is 9.47 Å². The molecule has 0 radical (unpaired) electrons. The fourth-order valence-electron chi connectivity index (χ4n) is 3.69. The maximum Gasteiger partial charge on any atom is 0.338 e. The molecule has 4 rings (SSSR count). The summed E-state index contributed by atoms with van der Waals surface area (Å²) in [7, 11) is -3.56. The first-order chi connectivity index (χ1) is 16.0. The first-order valence-electron chi connectivity index (χ1n) is 10.7. The zero-order valence-corrected chi connectivity index (χ0v) is 19.8. The molecule has 0 bridgehead atoms. The molecular formula is C25H25NO5S2. The number of fused-ring (bicyclic) bond motifs is 2. The molecule has 3 aromatic carbocycles. The van der Waals surface area contributed by atoms with Crippen LogP contribution in [0, 0.1) is 0 Å². The summed E-state index contributed by atoms with van der Waals surface area (Å²) in [5, 5.41) is -0.116. The van der Waals surface area contributed by atoms with Gasteiger partial charge >= 0.3 is 5.97 Å². The SMILES string of the molecule is CCOC(=O)c1ccc2c(c1)C(SCCNS(=O)(=O)c1ccccc1)c1ccccc1CO2. The van der Waals surface area contributed by atoms with Crippen molar-refractivity contribution >= 4 is 27.8 Å². The summed E-state index contributed by atoms with van der Waals surface area (Å²) in [4.78, 5) is 12.6. The van der Waals surface area contributed by atoms with Gasteiger partial charge in [0.05, 0.1) is 22.3 Å². The lowest BCUT2D eigenvalue weighted by Crippen LogP contribution is -2.26. The quantitative estimate of drug-likeness (QED) is 0.374. The molecule has 172 valence electrons. The summed E-state index contributed by atoms with van der Waals surface area (Å²) < 4.78 is 38.9.